The van der Waals surface area contributed by atoms with E-state index in [0.717, 1.165) is 18.9 Å². The predicted molar refractivity (Wildman–Crippen MR) is 89.1 cm³/mol. The number of carbonyl (C=O) groups excluding carboxylic acids is 1. The van der Waals surface area contributed by atoms with Crippen molar-refractivity contribution < 1.29 is 4.79 Å². The second-order valence-corrected chi connectivity index (χ2v) is 7.16. The lowest BCUT2D eigenvalue weighted by molar-refractivity contribution is 0.0989. The number of piperidine rings is 1. The SMILES string of the molecule is NC(=O)c1ncn([C@@H]2CCCN(CCCC3CCCCC3)C2)n1. The molecule has 0 spiro atoms. The molecule has 6 nitrogen and oxygen atoms in total. The van der Waals surface area contributed by atoms with Gasteiger partial charge in [-0.3, -0.25) is 4.79 Å². The monoisotopic (exact) mass is 319 g/mol. The molecule has 2 aliphatic rings. The Labute approximate surface area is 138 Å². The number of primary amides is 1. The maximum Gasteiger partial charge on any atom is 0.288 e. The maximum absolute atomic E-state index is 11.1. The van der Waals surface area contributed by atoms with Gasteiger partial charge in [0.2, 0.25) is 5.82 Å². The Hall–Kier alpha value is -1.43. The van der Waals surface area contributed by atoms with E-state index >= 15 is 0 Å². The Morgan fingerprint density at radius 1 is 1.22 bits per heavy atom. The van der Waals surface area contributed by atoms with Crippen LogP contribution in [0.2, 0.25) is 0 Å². The number of aromatic nitrogens is 3. The Morgan fingerprint density at radius 3 is 2.78 bits per heavy atom. The highest BCUT2D eigenvalue weighted by molar-refractivity contribution is 5.88. The number of nitrogens with two attached hydrogens (primary N) is 1. The van der Waals surface area contributed by atoms with Gasteiger partial charge in [-0.25, -0.2) is 9.67 Å². The summed E-state index contributed by atoms with van der Waals surface area (Å²) in [6.45, 7) is 3.37. The van der Waals surface area contributed by atoms with Gasteiger partial charge in [-0.15, -0.1) is 5.10 Å². The van der Waals surface area contributed by atoms with Crippen LogP contribution in [0.5, 0.6) is 0 Å². The molecule has 2 fully saturated rings. The number of hydrogen-bond donors (Lipinski definition) is 1. The Bertz CT molecular complexity index is 509. The molecule has 0 radical (unpaired) electrons. The third kappa shape index (κ3) is 4.53. The predicted octanol–water partition coefficient (Wildman–Crippen LogP) is 2.37. The third-order valence-electron chi connectivity index (χ3n) is 5.40. The second-order valence-electron chi connectivity index (χ2n) is 7.16. The van der Waals surface area contributed by atoms with Crippen molar-refractivity contribution in [1.29, 1.82) is 0 Å². The molecule has 0 unspecified atom stereocenters. The lowest BCUT2D eigenvalue weighted by atomic mass is 9.86. The summed E-state index contributed by atoms with van der Waals surface area (Å²) >= 11 is 0. The second kappa shape index (κ2) is 7.90. The Morgan fingerprint density at radius 2 is 2.04 bits per heavy atom. The highest BCUT2D eigenvalue weighted by Crippen LogP contribution is 2.28. The fourth-order valence-corrected chi connectivity index (χ4v) is 4.09. The molecule has 0 bridgehead atoms. The van der Waals surface area contributed by atoms with E-state index in [2.05, 4.69) is 15.0 Å². The molecule has 1 saturated heterocycles. The molecule has 1 aromatic rings. The molecule has 23 heavy (non-hydrogen) atoms. The van der Waals surface area contributed by atoms with Gasteiger partial charge in [0.1, 0.15) is 6.33 Å². The van der Waals surface area contributed by atoms with Crippen LogP contribution in [-0.2, 0) is 0 Å². The van der Waals surface area contributed by atoms with Gasteiger partial charge in [0, 0.05) is 6.54 Å². The third-order valence-corrected chi connectivity index (χ3v) is 5.40. The number of hydrogen-bond acceptors (Lipinski definition) is 4. The van der Waals surface area contributed by atoms with Crippen LogP contribution in [0.3, 0.4) is 0 Å². The van der Waals surface area contributed by atoms with Gasteiger partial charge in [-0.05, 0) is 44.7 Å². The van der Waals surface area contributed by atoms with E-state index in [4.69, 9.17) is 5.73 Å². The van der Waals surface area contributed by atoms with Crippen LogP contribution in [0, 0.1) is 5.92 Å². The standard InChI is InChI=1S/C17H29N5O/c18-16(23)17-19-13-22(20-17)15-9-5-11-21(12-15)10-4-8-14-6-2-1-3-7-14/h13-15H,1-12H2,(H2,18,23)/t15-/m1/s1. The molecule has 3 rings (SSSR count). The summed E-state index contributed by atoms with van der Waals surface area (Å²) in [5.41, 5.74) is 5.23. The summed E-state index contributed by atoms with van der Waals surface area (Å²) < 4.78 is 1.83. The van der Waals surface area contributed by atoms with Gasteiger partial charge in [0.25, 0.3) is 5.91 Å². The lowest BCUT2D eigenvalue weighted by Crippen LogP contribution is -2.37. The summed E-state index contributed by atoms with van der Waals surface area (Å²) in [5.74, 6) is 0.543. The first-order chi connectivity index (χ1) is 11.2. The largest absolute Gasteiger partial charge is 0.363 e. The zero-order valence-corrected chi connectivity index (χ0v) is 14.0. The molecule has 1 aliphatic heterocycles. The lowest BCUT2D eigenvalue weighted by Gasteiger charge is -2.33. The van der Waals surface area contributed by atoms with Crippen LogP contribution >= 0.6 is 0 Å². The number of rotatable bonds is 6. The number of likely N-dealkylation sites (tertiary alicyclic amines) is 1. The molecule has 1 atom stereocenters. The van der Waals surface area contributed by atoms with E-state index in [1.165, 1.54) is 64.5 Å². The molecule has 1 aliphatic carbocycles. The van der Waals surface area contributed by atoms with Crippen LogP contribution in [0.25, 0.3) is 0 Å². The molecule has 0 aromatic carbocycles. The first-order valence-electron chi connectivity index (χ1n) is 9.15. The van der Waals surface area contributed by atoms with Crippen molar-refractivity contribution in [2.75, 3.05) is 19.6 Å². The van der Waals surface area contributed by atoms with Gasteiger partial charge in [0.15, 0.2) is 0 Å². The molecular weight excluding hydrogens is 290 g/mol. The molecule has 6 heteroatoms. The van der Waals surface area contributed by atoms with E-state index in [9.17, 15) is 4.79 Å². The summed E-state index contributed by atoms with van der Waals surface area (Å²) in [7, 11) is 0. The van der Waals surface area contributed by atoms with Crippen molar-refractivity contribution in [3.8, 4) is 0 Å². The first-order valence-corrected chi connectivity index (χ1v) is 9.15. The van der Waals surface area contributed by atoms with Crippen molar-refractivity contribution in [2.24, 2.45) is 11.7 Å². The summed E-state index contributed by atoms with van der Waals surface area (Å²) in [6, 6.07) is 0.319. The minimum absolute atomic E-state index is 0.124. The average molecular weight is 319 g/mol. The summed E-state index contributed by atoms with van der Waals surface area (Å²) in [5, 5.41) is 4.23. The molecule has 1 saturated carbocycles. The van der Waals surface area contributed by atoms with E-state index in [-0.39, 0.29) is 5.82 Å². The van der Waals surface area contributed by atoms with Crippen molar-refractivity contribution in [3.63, 3.8) is 0 Å². The van der Waals surface area contributed by atoms with Crippen LogP contribution < -0.4 is 5.73 Å². The van der Waals surface area contributed by atoms with Crippen LogP contribution in [-0.4, -0.2) is 45.2 Å². The average Bonchev–Trinajstić information content (AvgIpc) is 3.07. The van der Waals surface area contributed by atoms with E-state index in [0.29, 0.717) is 6.04 Å². The van der Waals surface area contributed by atoms with Crippen LogP contribution in [0.4, 0.5) is 0 Å². The Balaban J connectivity index is 1.44. The summed E-state index contributed by atoms with van der Waals surface area (Å²) in [4.78, 5) is 17.7. The van der Waals surface area contributed by atoms with Crippen molar-refractivity contribution in [3.05, 3.63) is 12.2 Å². The fourth-order valence-electron chi connectivity index (χ4n) is 4.09. The van der Waals surface area contributed by atoms with Crippen molar-refractivity contribution in [2.45, 2.75) is 63.8 Å². The molecule has 1 aromatic heterocycles. The number of carbonyl (C=O) groups is 1. The van der Waals surface area contributed by atoms with Crippen LogP contribution in [0.15, 0.2) is 6.33 Å². The Kier molecular flexibility index (Phi) is 5.65. The molecule has 1 amide bonds. The first kappa shape index (κ1) is 16.4. The molecule has 2 N–H and O–H groups in total. The minimum Gasteiger partial charge on any atom is -0.363 e. The number of amides is 1. The van der Waals surface area contributed by atoms with Crippen LogP contribution in [0.1, 0.15) is 74.4 Å². The fraction of sp³-hybridized carbons (Fsp3) is 0.824. The van der Waals surface area contributed by atoms with Gasteiger partial charge in [-0.2, -0.15) is 0 Å². The van der Waals surface area contributed by atoms with E-state index in [1.807, 2.05) is 4.68 Å². The zero-order valence-electron chi connectivity index (χ0n) is 14.0. The highest BCUT2D eigenvalue weighted by atomic mass is 16.1. The zero-order chi connectivity index (χ0) is 16.1. The molecular formula is C17H29N5O. The van der Waals surface area contributed by atoms with Gasteiger partial charge in [-0.1, -0.05) is 32.1 Å². The normalized spacial score (nSPS) is 23.9. The van der Waals surface area contributed by atoms with Crippen molar-refractivity contribution >= 4 is 5.91 Å². The maximum atomic E-state index is 11.1. The van der Waals surface area contributed by atoms with Gasteiger partial charge < -0.3 is 10.6 Å². The van der Waals surface area contributed by atoms with E-state index < -0.39 is 5.91 Å². The highest BCUT2D eigenvalue weighted by Gasteiger charge is 2.23. The van der Waals surface area contributed by atoms with E-state index in [1.54, 1.807) is 6.33 Å². The van der Waals surface area contributed by atoms with Crippen molar-refractivity contribution in [1.82, 2.24) is 19.7 Å². The van der Waals surface area contributed by atoms with Gasteiger partial charge >= 0.3 is 0 Å². The number of nitrogens with zero attached hydrogens (tertiary/aromatic N) is 4. The smallest absolute Gasteiger partial charge is 0.288 e. The topological polar surface area (TPSA) is 77.0 Å². The summed E-state index contributed by atoms with van der Waals surface area (Å²) in [6.07, 6.45) is 13.8. The molecule has 2 heterocycles. The molecule has 128 valence electrons. The minimum atomic E-state index is -0.552. The quantitative estimate of drug-likeness (QED) is 0.873. The van der Waals surface area contributed by atoms with Gasteiger partial charge in [0.05, 0.1) is 6.04 Å².